The molecule has 0 saturated heterocycles. The fourth-order valence-electron chi connectivity index (χ4n) is 2.31. The Kier molecular flexibility index (Phi) is 5.39. The number of hydrogen-bond acceptors (Lipinski definition) is 3. The molecule has 1 aromatic carbocycles. The second-order valence-electron chi connectivity index (χ2n) is 5.44. The first-order chi connectivity index (χ1) is 10.1. The summed E-state index contributed by atoms with van der Waals surface area (Å²) in [6.07, 6.45) is 1.14. The molecule has 0 radical (unpaired) electrons. The normalized spacial score (nSPS) is 12.4. The maximum absolute atomic E-state index is 5.89. The molecule has 1 aromatic heterocycles. The van der Waals surface area contributed by atoms with E-state index >= 15 is 0 Å². The van der Waals surface area contributed by atoms with Crippen molar-refractivity contribution in [1.82, 2.24) is 15.1 Å². The summed E-state index contributed by atoms with van der Waals surface area (Å²) >= 11 is 0. The molecule has 4 heteroatoms. The third-order valence-corrected chi connectivity index (χ3v) is 3.54. The Labute approximate surface area is 127 Å². The van der Waals surface area contributed by atoms with Crippen molar-refractivity contribution < 1.29 is 4.74 Å². The van der Waals surface area contributed by atoms with Gasteiger partial charge >= 0.3 is 0 Å². The van der Waals surface area contributed by atoms with E-state index in [1.165, 1.54) is 5.56 Å². The fourth-order valence-corrected chi connectivity index (χ4v) is 2.31. The molecular weight excluding hydrogens is 262 g/mol. The van der Waals surface area contributed by atoms with Crippen LogP contribution in [-0.2, 0) is 13.7 Å². The van der Waals surface area contributed by atoms with Gasteiger partial charge in [0.25, 0.3) is 0 Å². The molecule has 1 N–H and O–H groups in total. The standard InChI is InChI=1S/C17H25N3O/c1-5-9-18-14(3)15-7-6-8-17(11-15)21-12-16-10-13(2)19-20(16)4/h6-8,10-11,14,18H,5,9,12H2,1-4H3. The van der Waals surface area contributed by atoms with Gasteiger partial charge in [0.05, 0.1) is 11.4 Å². The molecule has 2 aromatic rings. The Morgan fingerprint density at radius 1 is 1.33 bits per heavy atom. The van der Waals surface area contributed by atoms with Gasteiger partial charge in [-0.15, -0.1) is 0 Å². The van der Waals surface area contributed by atoms with Crippen LogP contribution < -0.4 is 10.1 Å². The third kappa shape index (κ3) is 4.33. The van der Waals surface area contributed by atoms with E-state index in [4.69, 9.17) is 4.74 Å². The van der Waals surface area contributed by atoms with Gasteiger partial charge in [0.2, 0.25) is 0 Å². The number of nitrogens with one attached hydrogen (secondary N) is 1. The van der Waals surface area contributed by atoms with Gasteiger partial charge in [0.1, 0.15) is 12.4 Å². The highest BCUT2D eigenvalue weighted by Crippen LogP contribution is 2.20. The first-order valence-corrected chi connectivity index (χ1v) is 7.55. The summed E-state index contributed by atoms with van der Waals surface area (Å²) in [4.78, 5) is 0. The smallest absolute Gasteiger partial charge is 0.130 e. The molecule has 0 fully saturated rings. The topological polar surface area (TPSA) is 39.1 Å². The highest BCUT2D eigenvalue weighted by Gasteiger charge is 2.07. The van der Waals surface area contributed by atoms with Gasteiger partial charge in [0, 0.05) is 13.1 Å². The van der Waals surface area contributed by atoms with Crippen LogP contribution in [-0.4, -0.2) is 16.3 Å². The molecule has 0 amide bonds. The van der Waals surface area contributed by atoms with E-state index in [1.54, 1.807) is 0 Å². The minimum Gasteiger partial charge on any atom is -0.487 e. The minimum absolute atomic E-state index is 0.340. The summed E-state index contributed by atoms with van der Waals surface area (Å²) in [5.41, 5.74) is 3.35. The van der Waals surface area contributed by atoms with E-state index in [0.29, 0.717) is 12.6 Å². The average molecular weight is 287 g/mol. The van der Waals surface area contributed by atoms with Crippen LogP contribution in [0.4, 0.5) is 0 Å². The molecule has 2 rings (SSSR count). The van der Waals surface area contributed by atoms with Crippen LogP contribution in [0.25, 0.3) is 0 Å². The van der Waals surface area contributed by atoms with Crippen molar-refractivity contribution >= 4 is 0 Å². The molecule has 4 nitrogen and oxygen atoms in total. The van der Waals surface area contributed by atoms with Gasteiger partial charge in [0.15, 0.2) is 0 Å². The molecule has 0 bridgehead atoms. The van der Waals surface area contributed by atoms with E-state index < -0.39 is 0 Å². The van der Waals surface area contributed by atoms with Crippen LogP contribution in [0.15, 0.2) is 30.3 Å². The predicted octanol–water partition coefficient (Wildman–Crippen LogP) is 3.37. The van der Waals surface area contributed by atoms with Crippen molar-refractivity contribution in [2.24, 2.45) is 7.05 Å². The van der Waals surface area contributed by atoms with E-state index in [9.17, 15) is 0 Å². The number of nitrogens with zero attached hydrogens (tertiary/aromatic N) is 2. The van der Waals surface area contributed by atoms with E-state index in [0.717, 1.165) is 30.1 Å². The summed E-state index contributed by atoms with van der Waals surface area (Å²) in [6.45, 7) is 7.91. The molecule has 21 heavy (non-hydrogen) atoms. The molecule has 0 spiro atoms. The molecule has 0 aliphatic rings. The molecular formula is C17H25N3O. The maximum Gasteiger partial charge on any atom is 0.130 e. The van der Waals surface area contributed by atoms with Crippen molar-refractivity contribution in [3.8, 4) is 5.75 Å². The second kappa shape index (κ2) is 7.27. The molecule has 0 saturated carbocycles. The lowest BCUT2D eigenvalue weighted by Crippen LogP contribution is -2.19. The molecule has 1 unspecified atom stereocenters. The van der Waals surface area contributed by atoms with Gasteiger partial charge in [-0.1, -0.05) is 19.1 Å². The van der Waals surface area contributed by atoms with E-state index in [2.05, 4.69) is 42.5 Å². The predicted molar refractivity (Wildman–Crippen MR) is 85.4 cm³/mol. The Balaban J connectivity index is 1.99. The van der Waals surface area contributed by atoms with Gasteiger partial charge < -0.3 is 10.1 Å². The zero-order valence-electron chi connectivity index (χ0n) is 13.4. The quantitative estimate of drug-likeness (QED) is 0.848. The van der Waals surface area contributed by atoms with E-state index in [1.807, 2.05) is 30.8 Å². The molecule has 1 atom stereocenters. The molecule has 0 aliphatic heterocycles. The Bertz CT molecular complexity index is 577. The SMILES string of the molecule is CCCNC(C)c1cccc(OCc2cc(C)nn2C)c1. The molecule has 1 heterocycles. The number of aryl methyl sites for hydroxylation is 2. The van der Waals surface area contributed by atoms with Crippen LogP contribution in [0.5, 0.6) is 5.75 Å². The minimum atomic E-state index is 0.340. The number of ether oxygens (including phenoxy) is 1. The Hall–Kier alpha value is -1.81. The first-order valence-electron chi connectivity index (χ1n) is 7.55. The highest BCUT2D eigenvalue weighted by molar-refractivity contribution is 5.30. The van der Waals surface area contributed by atoms with Crippen LogP contribution >= 0.6 is 0 Å². The monoisotopic (exact) mass is 287 g/mol. The maximum atomic E-state index is 5.89. The number of benzene rings is 1. The van der Waals surface area contributed by atoms with Crippen LogP contribution in [0.3, 0.4) is 0 Å². The summed E-state index contributed by atoms with van der Waals surface area (Å²) in [7, 11) is 1.94. The van der Waals surface area contributed by atoms with Crippen LogP contribution in [0, 0.1) is 6.92 Å². The van der Waals surface area contributed by atoms with Gasteiger partial charge in [-0.25, -0.2) is 0 Å². The van der Waals surface area contributed by atoms with Crippen molar-refractivity contribution in [2.45, 2.75) is 39.8 Å². The van der Waals surface area contributed by atoms with Crippen molar-refractivity contribution in [1.29, 1.82) is 0 Å². The summed E-state index contributed by atoms with van der Waals surface area (Å²) in [5, 5.41) is 7.82. The van der Waals surface area contributed by atoms with Gasteiger partial charge in [-0.05, 0) is 50.6 Å². The number of rotatable bonds is 7. The summed E-state index contributed by atoms with van der Waals surface area (Å²) < 4.78 is 7.76. The van der Waals surface area contributed by atoms with Crippen molar-refractivity contribution in [2.75, 3.05) is 6.54 Å². The number of aromatic nitrogens is 2. The van der Waals surface area contributed by atoms with Crippen LogP contribution in [0.1, 0.15) is 43.3 Å². The molecule has 0 aliphatic carbocycles. The average Bonchev–Trinajstić information content (AvgIpc) is 2.81. The zero-order chi connectivity index (χ0) is 15.2. The Morgan fingerprint density at radius 3 is 2.81 bits per heavy atom. The first kappa shape index (κ1) is 15.6. The Morgan fingerprint density at radius 2 is 2.14 bits per heavy atom. The van der Waals surface area contributed by atoms with Crippen molar-refractivity contribution in [3.63, 3.8) is 0 Å². The van der Waals surface area contributed by atoms with Crippen molar-refractivity contribution in [3.05, 3.63) is 47.3 Å². The number of hydrogen-bond donors (Lipinski definition) is 1. The van der Waals surface area contributed by atoms with Gasteiger partial charge in [-0.2, -0.15) is 5.10 Å². The van der Waals surface area contributed by atoms with Crippen LogP contribution in [0.2, 0.25) is 0 Å². The lowest BCUT2D eigenvalue weighted by molar-refractivity contribution is 0.294. The second-order valence-corrected chi connectivity index (χ2v) is 5.44. The zero-order valence-corrected chi connectivity index (χ0v) is 13.4. The summed E-state index contributed by atoms with van der Waals surface area (Å²) in [5.74, 6) is 0.900. The van der Waals surface area contributed by atoms with Gasteiger partial charge in [-0.3, -0.25) is 4.68 Å². The summed E-state index contributed by atoms with van der Waals surface area (Å²) in [6, 6.07) is 10.7. The highest BCUT2D eigenvalue weighted by atomic mass is 16.5. The van der Waals surface area contributed by atoms with E-state index in [-0.39, 0.29) is 0 Å². The lowest BCUT2D eigenvalue weighted by atomic mass is 10.1. The third-order valence-electron chi connectivity index (χ3n) is 3.54. The fraction of sp³-hybridized carbons (Fsp3) is 0.471. The lowest BCUT2D eigenvalue weighted by Gasteiger charge is -2.15. The largest absolute Gasteiger partial charge is 0.487 e. The molecule has 114 valence electrons.